The van der Waals surface area contributed by atoms with Gasteiger partial charge in [-0.15, -0.1) is 0 Å². The van der Waals surface area contributed by atoms with E-state index < -0.39 is 20.1 Å². The number of hydrogen-bond acceptors (Lipinski definition) is 4. The highest BCUT2D eigenvalue weighted by atomic mass is 32.3. The van der Waals surface area contributed by atoms with Crippen LogP contribution in [0.4, 0.5) is 0 Å². The van der Waals surface area contributed by atoms with Gasteiger partial charge in [-0.1, -0.05) is 11.8 Å². The van der Waals surface area contributed by atoms with E-state index in [1.165, 1.54) is 0 Å². The van der Waals surface area contributed by atoms with Crippen molar-refractivity contribution in [3.05, 3.63) is 59.7 Å². The van der Waals surface area contributed by atoms with Crippen LogP contribution in [0.5, 0.6) is 11.5 Å². The van der Waals surface area contributed by atoms with Gasteiger partial charge in [0.1, 0.15) is 11.5 Å². The van der Waals surface area contributed by atoms with Crippen LogP contribution in [0.1, 0.15) is 36.8 Å². The molecule has 2 aromatic rings. The summed E-state index contributed by atoms with van der Waals surface area (Å²) in [5.74, 6) is 7.37. The lowest BCUT2D eigenvalue weighted by atomic mass is 9.91. The van der Waals surface area contributed by atoms with E-state index in [0.29, 0.717) is 11.5 Å². The van der Waals surface area contributed by atoms with Crippen molar-refractivity contribution in [1.82, 2.24) is 10.6 Å². The first-order valence-corrected chi connectivity index (χ1v) is 19.0. The predicted molar refractivity (Wildman–Crippen MR) is 171 cm³/mol. The average molecular weight is 583 g/mol. The van der Waals surface area contributed by atoms with Gasteiger partial charge in [0.2, 0.25) is 0 Å². The first-order valence-electron chi connectivity index (χ1n) is 13.3. The summed E-state index contributed by atoms with van der Waals surface area (Å²) in [6, 6.07) is 15.2. The van der Waals surface area contributed by atoms with Gasteiger partial charge in [-0.2, -0.15) is 20.1 Å². The summed E-state index contributed by atoms with van der Waals surface area (Å²) in [7, 11) is -1.74. The average Bonchev–Trinajstić information content (AvgIpc) is 2.90. The van der Waals surface area contributed by atoms with Crippen LogP contribution in [0.15, 0.2) is 48.5 Å². The molecule has 1 saturated carbocycles. The number of ether oxygens (including phenoxy) is 2. The standard InChI is InChI=1S/C32H42N2O4S2/c1-39(2,3)21-19-25-7-15-29(16-8-25)37-23-31(35)33-27-11-13-28(14-12-27)34-32(36)24-38-30-17-9-26(10-18-30)20-22-40(4,5)6/h7-10,15-18,27-28H,11-14,23-24H2,1-6H3,(H,33,35)(H,34,36). The lowest BCUT2D eigenvalue weighted by Gasteiger charge is -2.29. The molecule has 1 fully saturated rings. The summed E-state index contributed by atoms with van der Waals surface area (Å²) in [5, 5.41) is 12.7. The van der Waals surface area contributed by atoms with E-state index in [9.17, 15) is 9.59 Å². The molecule has 0 saturated heterocycles. The molecule has 1 aliphatic carbocycles. The smallest absolute Gasteiger partial charge is 0.258 e. The van der Waals surface area contributed by atoms with E-state index in [1.54, 1.807) is 0 Å². The Morgan fingerprint density at radius 2 is 0.975 bits per heavy atom. The van der Waals surface area contributed by atoms with Crippen molar-refractivity contribution in [3.63, 3.8) is 0 Å². The SMILES string of the molecule is CS(C)(C)C#Cc1ccc(OCC(=O)NC2CCC(NC(=O)COc3ccc(C#CS(C)(C)C)cc3)CC2)cc1. The Balaban J connectivity index is 1.32. The summed E-state index contributed by atoms with van der Waals surface area (Å²) >= 11 is 0. The zero-order valence-corrected chi connectivity index (χ0v) is 26.1. The molecule has 40 heavy (non-hydrogen) atoms. The Labute approximate surface area is 243 Å². The van der Waals surface area contributed by atoms with Crippen molar-refractivity contribution < 1.29 is 19.1 Å². The third-order valence-electron chi connectivity index (χ3n) is 5.91. The summed E-state index contributed by atoms with van der Waals surface area (Å²) in [6.45, 7) is -0.0628. The van der Waals surface area contributed by atoms with Crippen LogP contribution in [0, 0.1) is 22.3 Å². The van der Waals surface area contributed by atoms with Crippen LogP contribution in [0.2, 0.25) is 0 Å². The number of nitrogens with one attached hydrogen (secondary N) is 2. The monoisotopic (exact) mass is 582 g/mol. The van der Waals surface area contributed by atoms with Gasteiger partial charge in [-0.25, -0.2) is 0 Å². The third-order valence-corrected chi connectivity index (χ3v) is 7.34. The molecule has 0 heterocycles. The molecule has 3 rings (SSSR count). The molecule has 0 aromatic heterocycles. The molecule has 0 aliphatic heterocycles. The zero-order valence-electron chi connectivity index (χ0n) is 24.5. The van der Waals surface area contributed by atoms with Crippen molar-refractivity contribution in [2.45, 2.75) is 37.8 Å². The Hall–Kier alpha value is -3.20. The molecule has 0 unspecified atom stereocenters. The number of amides is 2. The summed E-state index contributed by atoms with van der Waals surface area (Å²) < 4.78 is 11.3. The fourth-order valence-corrected chi connectivity index (χ4v) is 4.76. The lowest BCUT2D eigenvalue weighted by molar-refractivity contribution is -0.125. The molecule has 0 radical (unpaired) electrons. The van der Waals surface area contributed by atoms with Gasteiger partial charge in [0.25, 0.3) is 11.8 Å². The molecule has 0 atom stereocenters. The molecule has 8 heteroatoms. The highest BCUT2D eigenvalue weighted by Gasteiger charge is 2.23. The molecular formula is C32H42N2O4S2. The molecule has 0 spiro atoms. The van der Waals surface area contributed by atoms with Crippen LogP contribution in [-0.4, -0.2) is 74.6 Å². The quantitative estimate of drug-likeness (QED) is 0.443. The second-order valence-corrected chi connectivity index (χ2v) is 19.2. The summed E-state index contributed by atoms with van der Waals surface area (Å²) in [5.41, 5.74) is 1.87. The topological polar surface area (TPSA) is 76.7 Å². The Morgan fingerprint density at radius 1 is 0.650 bits per heavy atom. The normalized spacial score (nSPS) is 17.6. The fraction of sp³-hybridized carbons (Fsp3) is 0.438. The van der Waals surface area contributed by atoms with Gasteiger partial charge in [0, 0.05) is 23.2 Å². The maximum atomic E-state index is 12.4. The lowest BCUT2D eigenvalue weighted by Crippen LogP contribution is -2.45. The number of carbonyl (C=O) groups is 2. The van der Waals surface area contributed by atoms with E-state index in [0.717, 1.165) is 36.8 Å². The van der Waals surface area contributed by atoms with Crippen LogP contribution in [0.3, 0.4) is 0 Å². The third kappa shape index (κ3) is 12.3. The molecule has 216 valence electrons. The molecule has 2 amide bonds. The minimum absolute atomic E-state index is 0.0314. The van der Waals surface area contributed by atoms with E-state index in [-0.39, 0.29) is 37.1 Å². The van der Waals surface area contributed by atoms with E-state index in [4.69, 9.17) is 9.47 Å². The first-order chi connectivity index (χ1) is 18.8. The van der Waals surface area contributed by atoms with E-state index in [2.05, 4.69) is 70.5 Å². The van der Waals surface area contributed by atoms with Crippen molar-refractivity contribution in [2.24, 2.45) is 0 Å². The van der Waals surface area contributed by atoms with E-state index >= 15 is 0 Å². The fourth-order valence-electron chi connectivity index (χ4n) is 3.91. The summed E-state index contributed by atoms with van der Waals surface area (Å²) in [4.78, 5) is 24.8. The van der Waals surface area contributed by atoms with Crippen LogP contribution in [0.25, 0.3) is 0 Å². The second kappa shape index (κ2) is 14.4. The zero-order chi connectivity index (χ0) is 29.2. The van der Waals surface area contributed by atoms with Crippen LogP contribution in [-0.2, 0) is 9.59 Å². The highest BCUT2D eigenvalue weighted by molar-refractivity contribution is 8.36. The Kier molecular flexibility index (Phi) is 11.3. The van der Waals surface area contributed by atoms with Gasteiger partial charge in [0.15, 0.2) is 13.2 Å². The van der Waals surface area contributed by atoms with E-state index in [1.807, 2.05) is 48.5 Å². The Bertz CT molecular complexity index is 1160. The number of hydrogen-bond donors (Lipinski definition) is 2. The number of carbonyl (C=O) groups excluding carboxylic acids is 2. The second-order valence-electron chi connectivity index (χ2n) is 11.4. The Morgan fingerprint density at radius 3 is 1.27 bits per heavy atom. The van der Waals surface area contributed by atoms with Crippen LogP contribution >= 0.6 is 20.1 Å². The maximum absolute atomic E-state index is 12.4. The minimum Gasteiger partial charge on any atom is -0.484 e. The number of rotatable bonds is 8. The van der Waals surface area contributed by atoms with Crippen molar-refractivity contribution in [1.29, 1.82) is 0 Å². The van der Waals surface area contributed by atoms with Gasteiger partial charge in [-0.05, 0) is 122 Å². The van der Waals surface area contributed by atoms with Crippen molar-refractivity contribution in [3.8, 4) is 33.8 Å². The molecule has 1 aliphatic rings. The van der Waals surface area contributed by atoms with Crippen LogP contribution < -0.4 is 20.1 Å². The van der Waals surface area contributed by atoms with Gasteiger partial charge >= 0.3 is 0 Å². The molecule has 2 aromatic carbocycles. The minimum atomic E-state index is -0.872. The highest BCUT2D eigenvalue weighted by Crippen LogP contribution is 2.33. The molecule has 6 nitrogen and oxygen atoms in total. The summed E-state index contributed by atoms with van der Waals surface area (Å²) in [6.07, 6.45) is 16.1. The van der Waals surface area contributed by atoms with Crippen molar-refractivity contribution >= 4 is 31.9 Å². The largest absolute Gasteiger partial charge is 0.484 e. The van der Waals surface area contributed by atoms with Gasteiger partial charge < -0.3 is 20.1 Å². The molecule has 0 bridgehead atoms. The number of benzene rings is 2. The molecular weight excluding hydrogens is 540 g/mol. The van der Waals surface area contributed by atoms with Gasteiger partial charge in [0.05, 0.1) is 0 Å². The van der Waals surface area contributed by atoms with Gasteiger partial charge in [-0.3, -0.25) is 9.59 Å². The maximum Gasteiger partial charge on any atom is 0.258 e. The van der Waals surface area contributed by atoms with Crippen molar-refractivity contribution in [2.75, 3.05) is 50.7 Å². The first kappa shape index (κ1) is 31.3. The molecule has 2 N–H and O–H groups in total. The predicted octanol–water partition coefficient (Wildman–Crippen LogP) is 4.69.